The lowest BCUT2D eigenvalue weighted by molar-refractivity contribution is 0.102. The summed E-state index contributed by atoms with van der Waals surface area (Å²) in [6, 6.07) is 8.39. The van der Waals surface area contributed by atoms with Crippen molar-refractivity contribution in [3.05, 3.63) is 52.2 Å². The quantitative estimate of drug-likeness (QED) is 0.617. The predicted octanol–water partition coefficient (Wildman–Crippen LogP) is 4.96. The summed E-state index contributed by atoms with van der Waals surface area (Å²) >= 11 is 6.17. The number of likely N-dealkylation sites (tertiary alicyclic amines) is 1. The van der Waals surface area contributed by atoms with Crippen LogP contribution in [0.15, 0.2) is 34.7 Å². The number of fused-ring (bicyclic) bond motifs is 1. The molecule has 3 aromatic rings. The van der Waals surface area contributed by atoms with Crippen molar-refractivity contribution in [2.24, 2.45) is 0 Å². The Morgan fingerprint density at radius 2 is 2.03 bits per heavy atom. The molecule has 0 atom stereocenters. The SMILES string of the molecule is COc1ccc(NC(=O)c2c(C)oc3ccc(O)c(CN4CCCC4)c23)cc1Cl. The van der Waals surface area contributed by atoms with Gasteiger partial charge in [0.15, 0.2) is 0 Å². The number of ether oxygens (including phenoxy) is 1. The van der Waals surface area contributed by atoms with Gasteiger partial charge in [-0.2, -0.15) is 0 Å². The second kappa shape index (κ2) is 7.97. The molecule has 0 aliphatic carbocycles. The molecule has 152 valence electrons. The lowest BCUT2D eigenvalue weighted by Gasteiger charge is -2.17. The molecule has 6 nitrogen and oxygen atoms in total. The second-order valence-corrected chi connectivity index (χ2v) is 7.66. The summed E-state index contributed by atoms with van der Waals surface area (Å²) in [4.78, 5) is 15.4. The second-order valence-electron chi connectivity index (χ2n) is 7.26. The van der Waals surface area contributed by atoms with Crippen molar-refractivity contribution >= 4 is 34.2 Å². The zero-order valence-corrected chi connectivity index (χ0v) is 17.2. The van der Waals surface area contributed by atoms with E-state index in [0.717, 1.165) is 31.5 Å². The van der Waals surface area contributed by atoms with Gasteiger partial charge in [-0.3, -0.25) is 9.69 Å². The number of hydrogen-bond donors (Lipinski definition) is 2. The Bertz CT molecular complexity index is 1070. The lowest BCUT2D eigenvalue weighted by Crippen LogP contribution is -2.19. The predicted molar refractivity (Wildman–Crippen MR) is 113 cm³/mol. The third kappa shape index (κ3) is 3.78. The van der Waals surface area contributed by atoms with Crippen LogP contribution in [0, 0.1) is 6.92 Å². The van der Waals surface area contributed by atoms with E-state index in [1.54, 1.807) is 37.3 Å². The Hall–Kier alpha value is -2.70. The highest BCUT2D eigenvalue weighted by atomic mass is 35.5. The van der Waals surface area contributed by atoms with Gasteiger partial charge in [0.1, 0.15) is 22.8 Å². The number of rotatable bonds is 5. The van der Waals surface area contributed by atoms with Crippen LogP contribution in [0.25, 0.3) is 11.0 Å². The van der Waals surface area contributed by atoms with Gasteiger partial charge < -0.3 is 19.6 Å². The van der Waals surface area contributed by atoms with Gasteiger partial charge >= 0.3 is 0 Å². The van der Waals surface area contributed by atoms with E-state index in [1.165, 1.54) is 7.11 Å². The molecule has 0 unspecified atom stereocenters. The molecular weight excluding hydrogens is 392 g/mol. The molecule has 0 spiro atoms. The normalized spacial score (nSPS) is 14.4. The van der Waals surface area contributed by atoms with E-state index in [-0.39, 0.29) is 11.7 Å². The lowest BCUT2D eigenvalue weighted by atomic mass is 10.0. The molecule has 0 radical (unpaired) electrons. The number of phenolic OH excluding ortho intramolecular Hbond substituents is 1. The number of amides is 1. The maximum Gasteiger partial charge on any atom is 0.259 e. The summed E-state index contributed by atoms with van der Waals surface area (Å²) in [6.45, 7) is 4.31. The van der Waals surface area contributed by atoms with E-state index in [4.69, 9.17) is 20.8 Å². The fraction of sp³-hybridized carbons (Fsp3) is 0.318. The molecule has 1 amide bonds. The van der Waals surface area contributed by atoms with Crippen molar-refractivity contribution in [2.75, 3.05) is 25.5 Å². The maximum absolute atomic E-state index is 13.1. The molecule has 2 N–H and O–H groups in total. The van der Waals surface area contributed by atoms with Crippen molar-refractivity contribution in [3.63, 3.8) is 0 Å². The minimum Gasteiger partial charge on any atom is -0.508 e. The molecule has 1 aromatic heterocycles. The fourth-order valence-electron chi connectivity index (χ4n) is 3.90. The Morgan fingerprint density at radius 1 is 1.28 bits per heavy atom. The van der Waals surface area contributed by atoms with E-state index in [0.29, 0.717) is 45.3 Å². The summed E-state index contributed by atoms with van der Waals surface area (Å²) < 4.78 is 11.0. The molecule has 0 saturated carbocycles. The number of nitrogens with zero attached hydrogens (tertiary/aromatic N) is 1. The molecule has 1 saturated heterocycles. The number of benzene rings is 2. The van der Waals surface area contributed by atoms with E-state index < -0.39 is 0 Å². The van der Waals surface area contributed by atoms with Gasteiger partial charge in [0.05, 0.1) is 17.7 Å². The van der Waals surface area contributed by atoms with Crippen LogP contribution < -0.4 is 10.1 Å². The minimum atomic E-state index is -0.309. The van der Waals surface area contributed by atoms with Crippen LogP contribution >= 0.6 is 11.6 Å². The maximum atomic E-state index is 13.1. The van der Waals surface area contributed by atoms with E-state index >= 15 is 0 Å². The molecule has 2 aromatic carbocycles. The molecule has 7 heteroatoms. The Kier molecular flexibility index (Phi) is 5.39. The Morgan fingerprint density at radius 3 is 2.72 bits per heavy atom. The third-order valence-corrected chi connectivity index (χ3v) is 5.63. The number of nitrogens with one attached hydrogen (secondary N) is 1. The van der Waals surface area contributed by atoms with Gasteiger partial charge in [0.25, 0.3) is 5.91 Å². The summed E-state index contributed by atoms with van der Waals surface area (Å²) in [7, 11) is 1.54. The number of furan rings is 1. The molecule has 1 fully saturated rings. The van der Waals surface area contributed by atoms with Crippen LogP contribution in [0.4, 0.5) is 5.69 Å². The van der Waals surface area contributed by atoms with Crippen molar-refractivity contribution < 1.29 is 19.1 Å². The average molecular weight is 415 g/mol. The first kappa shape index (κ1) is 19.6. The van der Waals surface area contributed by atoms with Gasteiger partial charge in [-0.05, 0) is 63.2 Å². The first-order valence-corrected chi connectivity index (χ1v) is 9.97. The molecule has 2 heterocycles. The number of anilines is 1. The standard InChI is InChI=1S/C22H23ClN2O4/c1-13-20(22(27)24-14-5-7-18(28-2)16(23)11-14)21-15(12-25-9-3-4-10-25)17(26)6-8-19(21)29-13/h5-8,11,26H,3-4,9-10,12H2,1-2H3,(H,24,27). The molecule has 4 rings (SSSR count). The van der Waals surface area contributed by atoms with E-state index in [2.05, 4.69) is 10.2 Å². The summed E-state index contributed by atoms with van der Waals surface area (Å²) in [6.07, 6.45) is 2.29. The zero-order valence-electron chi connectivity index (χ0n) is 16.4. The van der Waals surface area contributed by atoms with Crippen molar-refractivity contribution in [1.29, 1.82) is 0 Å². The molecule has 0 bridgehead atoms. The number of aryl methyl sites for hydroxylation is 1. The summed E-state index contributed by atoms with van der Waals surface area (Å²) in [5.41, 5.74) is 2.29. The van der Waals surface area contributed by atoms with Gasteiger partial charge in [-0.25, -0.2) is 0 Å². The molecular formula is C22H23ClN2O4. The van der Waals surface area contributed by atoms with Gasteiger partial charge in [0, 0.05) is 23.2 Å². The van der Waals surface area contributed by atoms with Crippen molar-refractivity contribution in [3.8, 4) is 11.5 Å². The number of carbonyl (C=O) groups excluding carboxylic acids is 1. The van der Waals surface area contributed by atoms with Crippen molar-refractivity contribution in [2.45, 2.75) is 26.3 Å². The average Bonchev–Trinajstić information content (AvgIpc) is 3.31. The van der Waals surface area contributed by atoms with Crippen LogP contribution in [0.1, 0.15) is 34.5 Å². The third-order valence-electron chi connectivity index (χ3n) is 5.33. The number of methoxy groups -OCH3 is 1. The van der Waals surface area contributed by atoms with E-state index in [9.17, 15) is 9.90 Å². The van der Waals surface area contributed by atoms with Gasteiger partial charge in [-0.1, -0.05) is 11.6 Å². The van der Waals surface area contributed by atoms with Crippen LogP contribution in [-0.2, 0) is 6.54 Å². The molecule has 29 heavy (non-hydrogen) atoms. The minimum absolute atomic E-state index is 0.173. The monoisotopic (exact) mass is 414 g/mol. The highest BCUT2D eigenvalue weighted by molar-refractivity contribution is 6.32. The number of halogens is 1. The first-order valence-electron chi connectivity index (χ1n) is 9.59. The van der Waals surface area contributed by atoms with Crippen LogP contribution in [0.3, 0.4) is 0 Å². The highest BCUT2D eigenvalue weighted by Crippen LogP contribution is 2.36. The van der Waals surface area contributed by atoms with Crippen molar-refractivity contribution in [1.82, 2.24) is 4.90 Å². The van der Waals surface area contributed by atoms with Crippen LogP contribution in [0.5, 0.6) is 11.5 Å². The Balaban J connectivity index is 1.72. The van der Waals surface area contributed by atoms with Gasteiger partial charge in [0.2, 0.25) is 0 Å². The topological polar surface area (TPSA) is 74.9 Å². The van der Waals surface area contributed by atoms with Gasteiger partial charge in [-0.15, -0.1) is 0 Å². The summed E-state index contributed by atoms with van der Waals surface area (Å²) in [5.74, 6) is 0.903. The van der Waals surface area contributed by atoms with E-state index in [1.807, 2.05) is 0 Å². The number of phenols is 1. The number of carbonyl (C=O) groups is 1. The Labute approximate surface area is 174 Å². The number of aromatic hydroxyl groups is 1. The van der Waals surface area contributed by atoms with Crippen LogP contribution in [0.2, 0.25) is 5.02 Å². The molecule has 1 aliphatic heterocycles. The smallest absolute Gasteiger partial charge is 0.259 e. The summed E-state index contributed by atoms with van der Waals surface area (Å²) in [5, 5.41) is 14.5. The first-order chi connectivity index (χ1) is 14.0. The highest BCUT2D eigenvalue weighted by Gasteiger charge is 2.25. The largest absolute Gasteiger partial charge is 0.508 e. The zero-order chi connectivity index (χ0) is 20.5. The van der Waals surface area contributed by atoms with Crippen LogP contribution in [-0.4, -0.2) is 36.1 Å². The fourth-order valence-corrected chi connectivity index (χ4v) is 4.16. The molecule has 1 aliphatic rings. The number of hydrogen-bond acceptors (Lipinski definition) is 5.